The van der Waals surface area contributed by atoms with Crippen LogP contribution in [0.3, 0.4) is 0 Å². The first-order chi connectivity index (χ1) is 11.3. The van der Waals surface area contributed by atoms with Gasteiger partial charge in [-0.15, -0.1) is 0 Å². The van der Waals surface area contributed by atoms with Gasteiger partial charge in [0.1, 0.15) is 12.4 Å². The number of halogens is 3. The lowest BCUT2D eigenvalue weighted by Crippen LogP contribution is -2.50. The van der Waals surface area contributed by atoms with Crippen molar-refractivity contribution in [3.63, 3.8) is 0 Å². The number of β-amino-alcohol motifs (C(OH)–C–C–N with tert-alkyl or cyclic N) is 1. The van der Waals surface area contributed by atoms with E-state index in [-0.39, 0.29) is 37.4 Å². The number of amides is 2. The number of nitrogens with zero attached hydrogens (tertiary/aromatic N) is 1. The van der Waals surface area contributed by atoms with Crippen LogP contribution in [0.1, 0.15) is 18.9 Å². The van der Waals surface area contributed by atoms with E-state index in [1.54, 1.807) is 0 Å². The van der Waals surface area contributed by atoms with Crippen LogP contribution < -0.4 is 10.1 Å². The summed E-state index contributed by atoms with van der Waals surface area (Å²) in [6, 6.07) is 4.28. The molecule has 5 nitrogen and oxygen atoms in total. The van der Waals surface area contributed by atoms with E-state index >= 15 is 0 Å². The van der Waals surface area contributed by atoms with Gasteiger partial charge in [-0.2, -0.15) is 13.2 Å². The molecule has 1 fully saturated rings. The number of carbonyl (C=O) groups is 1. The average molecular weight is 346 g/mol. The van der Waals surface area contributed by atoms with Crippen LogP contribution in [0.15, 0.2) is 24.3 Å². The Morgan fingerprint density at radius 3 is 2.88 bits per heavy atom. The highest BCUT2D eigenvalue weighted by Gasteiger charge is 2.30. The standard InChI is InChI=1S/C16H21F3N2O3/c1-11-5-7-21(10-14(11)22)15(23)20-6-8-24-13-4-2-3-12(9-13)16(17,18)19/h2-4,9,11,14,22H,5-8,10H2,1H3,(H,20,23). The van der Waals surface area contributed by atoms with Crippen LogP contribution >= 0.6 is 0 Å². The van der Waals surface area contributed by atoms with Crippen molar-refractivity contribution in [2.24, 2.45) is 5.92 Å². The van der Waals surface area contributed by atoms with Crippen LogP contribution in [0, 0.1) is 5.92 Å². The molecule has 2 rings (SSSR count). The maximum Gasteiger partial charge on any atom is 0.416 e. The summed E-state index contributed by atoms with van der Waals surface area (Å²) in [6.45, 7) is 3.00. The summed E-state index contributed by atoms with van der Waals surface area (Å²) in [7, 11) is 0. The lowest BCUT2D eigenvalue weighted by Gasteiger charge is -2.34. The maximum atomic E-state index is 12.6. The third-order valence-electron chi connectivity index (χ3n) is 4.01. The molecule has 0 bridgehead atoms. The van der Waals surface area contributed by atoms with E-state index in [4.69, 9.17) is 4.74 Å². The third-order valence-corrected chi connectivity index (χ3v) is 4.01. The minimum absolute atomic E-state index is 0.0554. The number of hydrogen-bond donors (Lipinski definition) is 2. The Morgan fingerprint density at radius 1 is 1.46 bits per heavy atom. The molecule has 8 heteroatoms. The molecule has 1 aromatic carbocycles. The van der Waals surface area contributed by atoms with Crippen molar-refractivity contribution in [2.45, 2.75) is 25.6 Å². The number of carbonyl (C=O) groups excluding carboxylic acids is 1. The van der Waals surface area contributed by atoms with Gasteiger partial charge in [0, 0.05) is 13.1 Å². The molecule has 2 N–H and O–H groups in total. The van der Waals surface area contributed by atoms with Crippen LogP contribution in [-0.4, -0.2) is 48.4 Å². The summed E-state index contributed by atoms with van der Waals surface area (Å²) in [5.41, 5.74) is -0.777. The molecule has 134 valence electrons. The number of aliphatic hydroxyl groups excluding tert-OH is 1. The quantitative estimate of drug-likeness (QED) is 0.824. The first-order valence-electron chi connectivity index (χ1n) is 7.78. The van der Waals surface area contributed by atoms with Gasteiger partial charge < -0.3 is 20.1 Å². The van der Waals surface area contributed by atoms with Gasteiger partial charge in [0.15, 0.2) is 0 Å². The molecule has 0 radical (unpaired) electrons. The summed E-state index contributed by atoms with van der Waals surface area (Å²) < 4.78 is 43.0. The fourth-order valence-electron chi connectivity index (χ4n) is 2.43. The second-order valence-corrected chi connectivity index (χ2v) is 5.89. The molecule has 2 amide bonds. The highest BCUT2D eigenvalue weighted by atomic mass is 19.4. The summed E-state index contributed by atoms with van der Waals surface area (Å²) in [4.78, 5) is 13.5. The SMILES string of the molecule is CC1CCN(C(=O)NCCOc2cccc(C(F)(F)F)c2)CC1O. The highest BCUT2D eigenvalue weighted by molar-refractivity contribution is 5.74. The van der Waals surface area contributed by atoms with Crippen molar-refractivity contribution in [3.8, 4) is 5.75 Å². The second kappa shape index (κ2) is 7.74. The zero-order valence-electron chi connectivity index (χ0n) is 13.3. The lowest BCUT2D eigenvalue weighted by molar-refractivity contribution is -0.137. The van der Waals surface area contributed by atoms with Gasteiger partial charge in [-0.1, -0.05) is 13.0 Å². The average Bonchev–Trinajstić information content (AvgIpc) is 2.53. The number of likely N-dealkylation sites (tertiary alicyclic amines) is 1. The molecule has 0 spiro atoms. The van der Waals surface area contributed by atoms with Gasteiger partial charge in [0.05, 0.1) is 18.2 Å². The van der Waals surface area contributed by atoms with Gasteiger partial charge in [-0.25, -0.2) is 4.79 Å². The predicted octanol–water partition coefficient (Wildman–Crippen LogP) is 2.50. The topological polar surface area (TPSA) is 61.8 Å². The van der Waals surface area contributed by atoms with Gasteiger partial charge in [0.25, 0.3) is 0 Å². The fourth-order valence-corrected chi connectivity index (χ4v) is 2.43. The molecule has 2 atom stereocenters. The van der Waals surface area contributed by atoms with E-state index < -0.39 is 17.8 Å². The van der Waals surface area contributed by atoms with Crippen molar-refractivity contribution in [2.75, 3.05) is 26.2 Å². The molecule has 0 saturated carbocycles. The molecular weight excluding hydrogens is 325 g/mol. The Balaban J connectivity index is 1.74. The second-order valence-electron chi connectivity index (χ2n) is 5.89. The van der Waals surface area contributed by atoms with Gasteiger partial charge >= 0.3 is 12.2 Å². The first-order valence-corrected chi connectivity index (χ1v) is 7.78. The number of rotatable bonds is 4. The van der Waals surface area contributed by atoms with Crippen LogP contribution in [0.25, 0.3) is 0 Å². The number of aliphatic hydroxyl groups is 1. The largest absolute Gasteiger partial charge is 0.492 e. The highest BCUT2D eigenvalue weighted by Crippen LogP contribution is 2.31. The fraction of sp³-hybridized carbons (Fsp3) is 0.562. The Bertz CT molecular complexity index is 566. The Kier molecular flexibility index (Phi) is 5.93. The molecule has 1 saturated heterocycles. The number of urea groups is 1. The normalized spacial score (nSPS) is 21.5. The zero-order valence-corrected chi connectivity index (χ0v) is 13.3. The molecular formula is C16H21F3N2O3. The van der Waals surface area contributed by atoms with E-state index in [1.807, 2.05) is 6.92 Å². The number of nitrogens with one attached hydrogen (secondary N) is 1. The number of hydrogen-bond acceptors (Lipinski definition) is 3. The van der Waals surface area contributed by atoms with Crippen molar-refractivity contribution >= 4 is 6.03 Å². The smallest absolute Gasteiger partial charge is 0.416 e. The van der Waals surface area contributed by atoms with E-state index in [9.17, 15) is 23.1 Å². The van der Waals surface area contributed by atoms with Crippen molar-refractivity contribution < 1.29 is 27.8 Å². The molecule has 2 unspecified atom stereocenters. The Hall–Kier alpha value is -1.96. The minimum atomic E-state index is -4.42. The lowest BCUT2D eigenvalue weighted by atomic mass is 9.96. The van der Waals surface area contributed by atoms with Crippen LogP contribution in [0.2, 0.25) is 0 Å². The molecule has 1 aromatic rings. The van der Waals surface area contributed by atoms with Gasteiger partial charge in [-0.3, -0.25) is 0 Å². The number of alkyl halides is 3. The minimum Gasteiger partial charge on any atom is -0.492 e. The van der Waals surface area contributed by atoms with Gasteiger partial charge in [-0.05, 0) is 30.5 Å². The predicted molar refractivity (Wildman–Crippen MR) is 81.7 cm³/mol. The van der Waals surface area contributed by atoms with Gasteiger partial charge in [0.2, 0.25) is 0 Å². The van der Waals surface area contributed by atoms with E-state index in [0.717, 1.165) is 18.6 Å². The van der Waals surface area contributed by atoms with Crippen molar-refractivity contribution in [3.05, 3.63) is 29.8 Å². The summed E-state index contributed by atoms with van der Waals surface area (Å²) in [6.07, 6.45) is -4.22. The summed E-state index contributed by atoms with van der Waals surface area (Å²) in [5.74, 6) is 0.264. The number of benzene rings is 1. The van der Waals surface area contributed by atoms with E-state index in [2.05, 4.69) is 5.32 Å². The summed E-state index contributed by atoms with van der Waals surface area (Å²) in [5, 5.41) is 12.4. The van der Waals surface area contributed by atoms with Crippen LogP contribution in [-0.2, 0) is 6.18 Å². The van der Waals surface area contributed by atoms with Crippen molar-refractivity contribution in [1.82, 2.24) is 10.2 Å². The molecule has 0 aliphatic carbocycles. The van der Waals surface area contributed by atoms with Crippen molar-refractivity contribution in [1.29, 1.82) is 0 Å². The third kappa shape index (κ3) is 5.02. The molecule has 1 aliphatic rings. The van der Waals surface area contributed by atoms with Crippen LogP contribution in [0.5, 0.6) is 5.75 Å². The van der Waals surface area contributed by atoms with Crippen LogP contribution in [0.4, 0.5) is 18.0 Å². The molecule has 0 aromatic heterocycles. The first kappa shape index (κ1) is 18.4. The molecule has 24 heavy (non-hydrogen) atoms. The monoisotopic (exact) mass is 346 g/mol. The molecule has 1 aliphatic heterocycles. The zero-order chi connectivity index (χ0) is 17.7. The van der Waals surface area contributed by atoms with E-state index in [0.29, 0.717) is 6.54 Å². The Labute approximate surface area is 138 Å². The molecule has 1 heterocycles. The number of ether oxygens (including phenoxy) is 1. The summed E-state index contributed by atoms with van der Waals surface area (Å²) >= 11 is 0. The Morgan fingerprint density at radius 2 is 2.21 bits per heavy atom. The maximum absolute atomic E-state index is 12.6. The van der Waals surface area contributed by atoms with E-state index in [1.165, 1.54) is 17.0 Å². The number of piperidine rings is 1.